The van der Waals surface area contributed by atoms with Gasteiger partial charge in [-0.1, -0.05) is 79.0 Å². The van der Waals surface area contributed by atoms with E-state index in [-0.39, 0.29) is 25.0 Å². The van der Waals surface area contributed by atoms with E-state index in [2.05, 4.69) is 12.2 Å². The van der Waals surface area contributed by atoms with E-state index in [9.17, 15) is 9.59 Å². The first-order valence-corrected chi connectivity index (χ1v) is 12.5. The van der Waals surface area contributed by atoms with Gasteiger partial charge in [0.15, 0.2) is 6.61 Å². The van der Waals surface area contributed by atoms with Crippen LogP contribution in [0.1, 0.15) is 30.9 Å². The van der Waals surface area contributed by atoms with Crippen LogP contribution < -0.4 is 10.1 Å². The minimum Gasteiger partial charge on any atom is -0.484 e. The van der Waals surface area contributed by atoms with Crippen LogP contribution in [0, 0.1) is 0 Å². The van der Waals surface area contributed by atoms with Gasteiger partial charge in [0.05, 0.1) is 0 Å². The lowest BCUT2D eigenvalue weighted by atomic mass is 10.0. The molecule has 0 aliphatic heterocycles. The molecule has 0 aliphatic carbocycles. The molecule has 0 aromatic heterocycles. The lowest BCUT2D eigenvalue weighted by Crippen LogP contribution is -2.51. The lowest BCUT2D eigenvalue weighted by Gasteiger charge is -2.31. The van der Waals surface area contributed by atoms with Gasteiger partial charge in [-0.3, -0.25) is 9.59 Å². The van der Waals surface area contributed by atoms with Crippen molar-refractivity contribution < 1.29 is 14.3 Å². The highest BCUT2D eigenvalue weighted by Gasteiger charge is 2.30. The molecule has 35 heavy (non-hydrogen) atoms. The first-order valence-electron chi connectivity index (χ1n) is 11.7. The molecule has 3 rings (SSSR count). The van der Waals surface area contributed by atoms with Gasteiger partial charge in [0, 0.05) is 29.6 Å². The van der Waals surface area contributed by atoms with Crippen molar-refractivity contribution in [1.82, 2.24) is 10.2 Å². The molecule has 7 heteroatoms. The zero-order chi connectivity index (χ0) is 25.0. The quantitative estimate of drug-likeness (QED) is 0.306. The molecule has 0 saturated carbocycles. The number of rotatable bonds is 12. The second kappa shape index (κ2) is 13.8. The Hall–Kier alpha value is -3.02. The maximum absolute atomic E-state index is 13.5. The molecule has 0 heterocycles. The number of amides is 2. The first-order chi connectivity index (χ1) is 17.0. The van der Waals surface area contributed by atoms with Crippen molar-refractivity contribution in [3.8, 4) is 5.75 Å². The zero-order valence-corrected chi connectivity index (χ0v) is 21.3. The van der Waals surface area contributed by atoms with Gasteiger partial charge in [-0.2, -0.15) is 0 Å². The maximum Gasteiger partial charge on any atom is 0.261 e. The molecule has 0 fully saturated rings. The molecule has 184 valence electrons. The van der Waals surface area contributed by atoms with Crippen LogP contribution in [0.4, 0.5) is 0 Å². The van der Waals surface area contributed by atoms with Crippen LogP contribution in [-0.2, 0) is 22.6 Å². The molecule has 0 radical (unpaired) electrons. The Morgan fingerprint density at radius 1 is 0.914 bits per heavy atom. The Kier molecular flexibility index (Phi) is 10.5. The van der Waals surface area contributed by atoms with Crippen molar-refractivity contribution in [2.24, 2.45) is 0 Å². The molecule has 2 amide bonds. The number of carbonyl (C=O) groups excluding carboxylic acids is 2. The highest BCUT2D eigenvalue weighted by Crippen LogP contribution is 2.19. The van der Waals surface area contributed by atoms with Gasteiger partial charge < -0.3 is 15.0 Å². The highest BCUT2D eigenvalue weighted by atomic mass is 35.5. The Morgan fingerprint density at radius 2 is 1.63 bits per heavy atom. The molecular weight excluding hydrogens is 483 g/mol. The van der Waals surface area contributed by atoms with E-state index >= 15 is 0 Å². The van der Waals surface area contributed by atoms with Crippen LogP contribution in [0.3, 0.4) is 0 Å². The molecule has 0 unspecified atom stereocenters. The number of hydrogen-bond acceptors (Lipinski definition) is 3. The van der Waals surface area contributed by atoms with Crippen LogP contribution in [0.5, 0.6) is 5.75 Å². The Morgan fingerprint density at radius 3 is 2.31 bits per heavy atom. The van der Waals surface area contributed by atoms with Crippen molar-refractivity contribution in [2.75, 3.05) is 13.2 Å². The van der Waals surface area contributed by atoms with Gasteiger partial charge >= 0.3 is 0 Å². The predicted molar refractivity (Wildman–Crippen MR) is 141 cm³/mol. The Labute approximate surface area is 217 Å². The minimum atomic E-state index is -0.713. The van der Waals surface area contributed by atoms with Crippen LogP contribution >= 0.6 is 23.2 Å². The lowest BCUT2D eigenvalue weighted by molar-refractivity contribution is -0.142. The van der Waals surface area contributed by atoms with Crippen molar-refractivity contribution in [3.05, 3.63) is 100 Å². The fourth-order valence-electron chi connectivity index (χ4n) is 3.65. The normalized spacial score (nSPS) is 11.5. The second-order valence-corrected chi connectivity index (χ2v) is 9.12. The molecular formula is C28H30Cl2N2O3. The number of nitrogens with zero attached hydrogens (tertiary/aromatic N) is 1. The third kappa shape index (κ3) is 8.61. The molecule has 0 aliphatic rings. The molecule has 0 spiro atoms. The second-order valence-electron chi connectivity index (χ2n) is 8.24. The number of nitrogens with one attached hydrogen (secondary N) is 1. The number of halogens is 2. The van der Waals surface area contributed by atoms with E-state index in [4.69, 9.17) is 27.9 Å². The van der Waals surface area contributed by atoms with Gasteiger partial charge in [0.1, 0.15) is 11.8 Å². The van der Waals surface area contributed by atoms with E-state index in [0.717, 1.165) is 24.0 Å². The summed E-state index contributed by atoms with van der Waals surface area (Å²) in [5.41, 5.74) is 1.79. The molecule has 1 atom stereocenters. The molecule has 0 bridgehead atoms. The molecule has 3 aromatic carbocycles. The van der Waals surface area contributed by atoms with E-state index in [1.807, 2.05) is 42.5 Å². The number of hydrogen-bond donors (Lipinski definition) is 1. The average Bonchev–Trinajstić information content (AvgIpc) is 2.86. The van der Waals surface area contributed by atoms with E-state index in [1.54, 1.807) is 41.3 Å². The highest BCUT2D eigenvalue weighted by molar-refractivity contribution is 6.30. The minimum absolute atomic E-state index is 0.191. The van der Waals surface area contributed by atoms with E-state index in [1.165, 1.54) is 0 Å². The first kappa shape index (κ1) is 26.6. The number of unbranched alkanes of at least 4 members (excludes halogenated alkanes) is 1. The fraction of sp³-hybridized carbons (Fsp3) is 0.286. The summed E-state index contributed by atoms with van der Waals surface area (Å²) in [6, 6.07) is 23.1. The molecule has 3 aromatic rings. The third-order valence-electron chi connectivity index (χ3n) is 5.52. The maximum atomic E-state index is 13.5. The number of benzene rings is 3. The summed E-state index contributed by atoms with van der Waals surface area (Å²) < 4.78 is 5.74. The van der Waals surface area contributed by atoms with Gasteiger partial charge in [-0.25, -0.2) is 0 Å². The summed E-state index contributed by atoms with van der Waals surface area (Å²) in [5.74, 6) is 0.0353. The Balaban J connectivity index is 1.87. The van der Waals surface area contributed by atoms with Crippen molar-refractivity contribution in [1.29, 1.82) is 0 Å². The SMILES string of the molecule is CCCCNC(=O)[C@H](Cc1ccccc1)N(Cc1cccc(Cl)c1)C(=O)COc1ccc(Cl)cc1. The van der Waals surface area contributed by atoms with Crippen LogP contribution in [-0.4, -0.2) is 35.9 Å². The number of ether oxygens (including phenoxy) is 1. The smallest absolute Gasteiger partial charge is 0.261 e. The van der Waals surface area contributed by atoms with Crippen LogP contribution in [0.25, 0.3) is 0 Å². The van der Waals surface area contributed by atoms with E-state index in [0.29, 0.717) is 28.8 Å². The molecule has 5 nitrogen and oxygen atoms in total. The molecule has 1 N–H and O–H groups in total. The standard InChI is InChI=1S/C28H30Cl2N2O3/c1-2-3-16-31-28(34)26(18-21-8-5-4-6-9-21)32(19-22-10-7-11-24(30)17-22)27(33)20-35-25-14-12-23(29)13-15-25/h4-15,17,26H,2-3,16,18-20H2,1H3,(H,31,34)/t26-/m0/s1. The topological polar surface area (TPSA) is 58.6 Å². The number of carbonyl (C=O) groups is 2. The molecule has 0 saturated heterocycles. The van der Waals surface area contributed by atoms with Crippen molar-refractivity contribution >= 4 is 35.0 Å². The summed E-state index contributed by atoms with van der Waals surface area (Å²) in [5, 5.41) is 4.15. The van der Waals surface area contributed by atoms with Gasteiger partial charge in [0.25, 0.3) is 5.91 Å². The predicted octanol–water partition coefficient (Wildman–Crippen LogP) is 5.93. The van der Waals surface area contributed by atoms with Crippen LogP contribution in [0.2, 0.25) is 10.0 Å². The van der Waals surface area contributed by atoms with Crippen LogP contribution in [0.15, 0.2) is 78.9 Å². The van der Waals surface area contributed by atoms with E-state index < -0.39 is 6.04 Å². The van der Waals surface area contributed by atoms with Crippen molar-refractivity contribution in [3.63, 3.8) is 0 Å². The summed E-state index contributed by atoms with van der Waals surface area (Å²) in [7, 11) is 0. The van der Waals surface area contributed by atoms with Crippen molar-refractivity contribution in [2.45, 2.75) is 38.8 Å². The summed E-state index contributed by atoms with van der Waals surface area (Å²) in [4.78, 5) is 28.4. The summed E-state index contributed by atoms with van der Waals surface area (Å²) in [6.45, 7) is 2.63. The van der Waals surface area contributed by atoms with Gasteiger partial charge in [-0.15, -0.1) is 0 Å². The van der Waals surface area contributed by atoms with Gasteiger partial charge in [0.2, 0.25) is 5.91 Å². The largest absolute Gasteiger partial charge is 0.484 e. The fourth-order valence-corrected chi connectivity index (χ4v) is 3.99. The average molecular weight is 513 g/mol. The monoisotopic (exact) mass is 512 g/mol. The third-order valence-corrected chi connectivity index (χ3v) is 6.01. The van der Waals surface area contributed by atoms with Gasteiger partial charge in [-0.05, 0) is 53.9 Å². The Bertz CT molecular complexity index is 1090. The summed E-state index contributed by atoms with van der Waals surface area (Å²) >= 11 is 12.1. The summed E-state index contributed by atoms with van der Waals surface area (Å²) in [6.07, 6.45) is 2.21. The zero-order valence-electron chi connectivity index (χ0n) is 19.8.